The van der Waals surface area contributed by atoms with Gasteiger partial charge in [-0.05, 0) is 18.2 Å². The molecule has 0 saturated carbocycles. The zero-order valence-electron chi connectivity index (χ0n) is 15.9. The molecule has 1 spiro atoms. The first kappa shape index (κ1) is 21.9. The first-order chi connectivity index (χ1) is 14.1. The average molecular weight is 444 g/mol. The lowest BCUT2D eigenvalue weighted by Gasteiger charge is -2.47. The maximum absolute atomic E-state index is 12.4. The molecular formula is C18H19F3N4O4S. The second-order valence-electron chi connectivity index (χ2n) is 6.97. The number of aromatic nitrogens is 3. The molecule has 2 aliphatic heterocycles. The number of alkyl halides is 3. The van der Waals surface area contributed by atoms with Crippen LogP contribution in [0.4, 0.5) is 13.2 Å². The molecule has 30 heavy (non-hydrogen) atoms. The van der Waals surface area contributed by atoms with E-state index < -0.39 is 12.1 Å². The molecule has 8 nitrogen and oxygen atoms in total. The van der Waals surface area contributed by atoms with Gasteiger partial charge in [-0.1, -0.05) is 0 Å². The quantitative estimate of drug-likeness (QED) is 0.775. The van der Waals surface area contributed by atoms with E-state index in [9.17, 15) is 18.0 Å². The van der Waals surface area contributed by atoms with Crippen LogP contribution >= 0.6 is 11.8 Å². The van der Waals surface area contributed by atoms with Crippen molar-refractivity contribution in [2.24, 2.45) is 7.05 Å². The SMILES string of the molecule is Cn1ccc(C(=O)N2CC3(CC(Oc4cccnc4)CS3)C2)n1.O=C(O)C(F)(F)F. The van der Waals surface area contributed by atoms with E-state index in [2.05, 4.69) is 10.1 Å². The maximum Gasteiger partial charge on any atom is 0.490 e. The van der Waals surface area contributed by atoms with Gasteiger partial charge in [0, 0.05) is 44.7 Å². The van der Waals surface area contributed by atoms with Gasteiger partial charge in [-0.15, -0.1) is 11.8 Å². The lowest BCUT2D eigenvalue weighted by Crippen LogP contribution is -2.60. The number of carbonyl (C=O) groups is 2. The van der Waals surface area contributed by atoms with Gasteiger partial charge in [0.05, 0.1) is 10.9 Å². The summed E-state index contributed by atoms with van der Waals surface area (Å²) in [4.78, 5) is 27.2. The lowest BCUT2D eigenvalue weighted by atomic mass is 9.92. The third-order valence-electron chi connectivity index (χ3n) is 4.53. The number of carboxylic acid groups (broad SMARTS) is 1. The number of likely N-dealkylation sites (tertiary alicyclic amines) is 1. The summed E-state index contributed by atoms with van der Waals surface area (Å²) < 4.78 is 39.5. The highest BCUT2D eigenvalue weighted by Gasteiger charge is 2.51. The van der Waals surface area contributed by atoms with Crippen molar-refractivity contribution in [3.63, 3.8) is 0 Å². The van der Waals surface area contributed by atoms with Crippen molar-refractivity contribution in [2.45, 2.75) is 23.4 Å². The third kappa shape index (κ3) is 5.23. The number of halogens is 3. The largest absolute Gasteiger partial charge is 0.490 e. The van der Waals surface area contributed by atoms with Crippen LogP contribution in [0.3, 0.4) is 0 Å². The number of thioether (sulfide) groups is 1. The molecule has 1 atom stereocenters. The number of ether oxygens (including phenoxy) is 1. The van der Waals surface area contributed by atoms with Gasteiger partial charge in [0.25, 0.3) is 5.91 Å². The average Bonchev–Trinajstić information content (AvgIpc) is 3.27. The number of hydrogen-bond acceptors (Lipinski definition) is 6. The number of pyridine rings is 1. The summed E-state index contributed by atoms with van der Waals surface area (Å²) >= 11 is 1.92. The lowest BCUT2D eigenvalue weighted by molar-refractivity contribution is -0.192. The molecule has 1 N–H and O–H groups in total. The molecular weight excluding hydrogens is 425 g/mol. The summed E-state index contributed by atoms with van der Waals surface area (Å²) in [5.74, 6) is -0.961. The fourth-order valence-electron chi connectivity index (χ4n) is 3.19. The van der Waals surface area contributed by atoms with Crippen molar-refractivity contribution >= 4 is 23.6 Å². The van der Waals surface area contributed by atoms with Gasteiger partial charge in [0.1, 0.15) is 17.5 Å². The smallest absolute Gasteiger partial charge is 0.488 e. The fourth-order valence-corrected chi connectivity index (χ4v) is 4.72. The second-order valence-corrected chi connectivity index (χ2v) is 8.45. The standard InChI is InChI=1S/C16H18N4O2S.C2HF3O2/c1-19-6-4-14(18-19)15(21)20-10-16(11-20)7-13(9-23-16)22-12-3-2-5-17-8-12;3-2(4,5)1(6)7/h2-6,8,13H,7,9-11H2,1H3;(H,6,7). The summed E-state index contributed by atoms with van der Waals surface area (Å²) in [6.07, 6.45) is 1.36. The molecule has 1 unspecified atom stereocenters. The van der Waals surface area contributed by atoms with E-state index in [0.29, 0.717) is 5.69 Å². The molecule has 2 fully saturated rings. The number of hydrogen-bond donors (Lipinski definition) is 1. The number of nitrogens with zero attached hydrogens (tertiary/aromatic N) is 4. The molecule has 2 aromatic heterocycles. The summed E-state index contributed by atoms with van der Waals surface area (Å²) in [7, 11) is 1.82. The maximum atomic E-state index is 12.4. The van der Waals surface area contributed by atoms with E-state index in [-0.39, 0.29) is 16.8 Å². The molecule has 162 valence electrons. The molecule has 0 radical (unpaired) electrons. The van der Waals surface area contributed by atoms with Crippen LogP contribution in [0.25, 0.3) is 0 Å². The molecule has 4 rings (SSSR count). The Hall–Kier alpha value is -2.76. The van der Waals surface area contributed by atoms with E-state index in [0.717, 1.165) is 31.0 Å². The molecule has 2 saturated heterocycles. The highest BCUT2D eigenvalue weighted by molar-refractivity contribution is 8.01. The van der Waals surface area contributed by atoms with Gasteiger partial charge >= 0.3 is 12.1 Å². The summed E-state index contributed by atoms with van der Waals surface area (Å²) in [5.41, 5.74) is 0.522. The Morgan fingerprint density at radius 3 is 2.57 bits per heavy atom. The number of amides is 1. The van der Waals surface area contributed by atoms with Crippen molar-refractivity contribution in [1.82, 2.24) is 19.7 Å². The highest BCUT2D eigenvalue weighted by atomic mass is 32.2. The Balaban J connectivity index is 0.000000318. The number of rotatable bonds is 3. The minimum atomic E-state index is -5.08. The zero-order valence-corrected chi connectivity index (χ0v) is 16.7. The van der Waals surface area contributed by atoms with Crippen LogP contribution in [0, 0.1) is 0 Å². The van der Waals surface area contributed by atoms with Crippen molar-refractivity contribution < 1.29 is 32.6 Å². The van der Waals surface area contributed by atoms with Crippen LogP contribution in [0.2, 0.25) is 0 Å². The Morgan fingerprint density at radius 1 is 1.33 bits per heavy atom. The Morgan fingerprint density at radius 2 is 2.03 bits per heavy atom. The molecule has 0 bridgehead atoms. The topological polar surface area (TPSA) is 97.5 Å². The van der Waals surface area contributed by atoms with Gasteiger partial charge in [-0.25, -0.2) is 4.79 Å². The number of aliphatic carboxylic acids is 1. The van der Waals surface area contributed by atoms with E-state index in [4.69, 9.17) is 14.6 Å². The van der Waals surface area contributed by atoms with E-state index in [1.807, 2.05) is 35.8 Å². The summed E-state index contributed by atoms with van der Waals surface area (Å²) in [5, 5.41) is 11.3. The molecule has 4 heterocycles. The normalized spacial score (nSPS) is 19.6. The second kappa shape index (κ2) is 8.54. The molecule has 2 aromatic rings. The first-order valence-corrected chi connectivity index (χ1v) is 9.86. The van der Waals surface area contributed by atoms with Gasteiger partial charge in [0.15, 0.2) is 0 Å². The zero-order chi connectivity index (χ0) is 21.9. The van der Waals surface area contributed by atoms with Gasteiger partial charge in [-0.2, -0.15) is 18.3 Å². The van der Waals surface area contributed by atoms with Crippen molar-refractivity contribution in [1.29, 1.82) is 0 Å². The monoisotopic (exact) mass is 444 g/mol. The van der Waals surface area contributed by atoms with E-state index in [1.165, 1.54) is 0 Å². The van der Waals surface area contributed by atoms with Crippen molar-refractivity contribution in [2.75, 3.05) is 18.8 Å². The molecule has 0 aromatic carbocycles. The molecule has 2 aliphatic rings. The Kier molecular flexibility index (Phi) is 6.25. The molecule has 1 amide bonds. The molecule has 12 heteroatoms. The predicted molar refractivity (Wildman–Crippen MR) is 101 cm³/mol. The van der Waals surface area contributed by atoms with Crippen LogP contribution in [0.15, 0.2) is 36.8 Å². The third-order valence-corrected chi connectivity index (χ3v) is 6.11. The molecule has 0 aliphatic carbocycles. The van der Waals surface area contributed by atoms with Gasteiger partial charge in [-0.3, -0.25) is 14.5 Å². The highest BCUT2D eigenvalue weighted by Crippen LogP contribution is 2.46. The number of carbonyl (C=O) groups excluding carboxylic acids is 1. The fraction of sp³-hybridized carbons (Fsp3) is 0.444. The van der Waals surface area contributed by atoms with Crippen molar-refractivity contribution in [3.8, 4) is 5.75 Å². The van der Waals surface area contributed by atoms with Gasteiger partial charge < -0.3 is 14.7 Å². The first-order valence-electron chi connectivity index (χ1n) is 8.88. The van der Waals surface area contributed by atoms with E-state index >= 15 is 0 Å². The van der Waals surface area contributed by atoms with E-state index in [1.54, 1.807) is 29.3 Å². The van der Waals surface area contributed by atoms with Crippen LogP contribution in [0.5, 0.6) is 5.75 Å². The summed E-state index contributed by atoms with van der Waals surface area (Å²) in [6.45, 7) is 1.56. The predicted octanol–water partition coefficient (Wildman–Crippen LogP) is 2.23. The minimum Gasteiger partial charge on any atom is -0.488 e. The van der Waals surface area contributed by atoms with Crippen LogP contribution in [-0.2, 0) is 11.8 Å². The number of aryl methyl sites for hydroxylation is 1. The summed E-state index contributed by atoms with van der Waals surface area (Å²) in [6, 6.07) is 5.58. The van der Waals surface area contributed by atoms with Crippen LogP contribution in [0.1, 0.15) is 16.9 Å². The van der Waals surface area contributed by atoms with Gasteiger partial charge in [0.2, 0.25) is 0 Å². The minimum absolute atomic E-state index is 0.0217. The van der Waals surface area contributed by atoms with Crippen molar-refractivity contribution in [3.05, 3.63) is 42.5 Å². The van der Waals surface area contributed by atoms with Crippen LogP contribution < -0.4 is 4.74 Å². The number of carboxylic acids is 1. The van der Waals surface area contributed by atoms with Crippen LogP contribution in [-0.4, -0.2) is 72.5 Å². The Bertz CT molecular complexity index is 900. The Labute approximate surface area is 174 Å².